The molecule has 2 aliphatic rings. The summed E-state index contributed by atoms with van der Waals surface area (Å²) in [5.41, 5.74) is 8.76. The van der Waals surface area contributed by atoms with Crippen LogP contribution in [-0.2, 0) is 11.3 Å². The summed E-state index contributed by atoms with van der Waals surface area (Å²) in [5.74, 6) is -4.03. The van der Waals surface area contributed by atoms with Crippen molar-refractivity contribution in [1.29, 1.82) is 0 Å². The number of hydrogen-bond acceptors (Lipinski definition) is 8. The summed E-state index contributed by atoms with van der Waals surface area (Å²) in [4.78, 5) is 36.9. The molecule has 3 atom stereocenters. The monoisotopic (exact) mass is 564 g/mol. The van der Waals surface area contributed by atoms with Gasteiger partial charge in [0.15, 0.2) is 5.82 Å². The highest BCUT2D eigenvalue weighted by Gasteiger charge is 2.46. The summed E-state index contributed by atoms with van der Waals surface area (Å²) < 4.78 is 60.6. The van der Waals surface area contributed by atoms with Gasteiger partial charge in [0.05, 0.1) is 25.4 Å². The number of pyridine rings is 1. The van der Waals surface area contributed by atoms with Crippen LogP contribution >= 0.6 is 0 Å². The molecule has 2 fully saturated rings. The minimum atomic E-state index is -4.75. The fourth-order valence-electron chi connectivity index (χ4n) is 4.91. The molecule has 2 saturated heterocycles. The Morgan fingerprint density at radius 3 is 2.62 bits per heavy atom. The largest absolute Gasteiger partial charge is 0.480 e. The van der Waals surface area contributed by atoms with Crippen LogP contribution in [0.2, 0.25) is 0 Å². The number of likely N-dealkylation sites (tertiary alicyclic amines) is 2. The van der Waals surface area contributed by atoms with Gasteiger partial charge >= 0.3 is 6.18 Å². The Bertz CT molecular complexity index is 1440. The SMILES string of the molecule is COc1ncc(-c2cc(CN3CCC3)c3c(N)ncnn23)cc1C(=O)NC1CN(C(=O)C(C)C(F)(F)F)CC1F. The molecule has 0 radical (unpaired) electrons. The summed E-state index contributed by atoms with van der Waals surface area (Å²) >= 11 is 0. The van der Waals surface area contributed by atoms with Crippen molar-refractivity contribution in [1.82, 2.24) is 34.7 Å². The number of nitrogens with one attached hydrogen (secondary N) is 1. The average molecular weight is 565 g/mol. The maximum atomic E-state index is 14.7. The van der Waals surface area contributed by atoms with Crippen molar-refractivity contribution in [3.05, 3.63) is 35.8 Å². The number of nitrogen functional groups attached to an aromatic ring is 1. The highest BCUT2D eigenvalue weighted by atomic mass is 19.4. The highest BCUT2D eigenvalue weighted by Crippen LogP contribution is 2.32. The molecule has 40 heavy (non-hydrogen) atoms. The van der Waals surface area contributed by atoms with Crippen molar-refractivity contribution >= 4 is 23.1 Å². The number of halogens is 4. The number of anilines is 1. The van der Waals surface area contributed by atoms with Gasteiger partial charge in [-0.3, -0.25) is 14.5 Å². The van der Waals surface area contributed by atoms with E-state index in [-0.39, 0.29) is 11.4 Å². The van der Waals surface area contributed by atoms with E-state index in [1.807, 2.05) is 6.07 Å². The van der Waals surface area contributed by atoms with Gasteiger partial charge in [-0.1, -0.05) is 0 Å². The highest BCUT2D eigenvalue weighted by molar-refractivity contribution is 5.98. The Balaban J connectivity index is 1.41. The van der Waals surface area contributed by atoms with Gasteiger partial charge in [0, 0.05) is 24.8 Å². The van der Waals surface area contributed by atoms with Crippen LogP contribution < -0.4 is 15.8 Å². The molecule has 0 bridgehead atoms. The number of rotatable bonds is 7. The van der Waals surface area contributed by atoms with E-state index in [0.717, 1.165) is 36.9 Å². The topological polar surface area (TPSA) is 131 Å². The predicted octanol–water partition coefficient (Wildman–Crippen LogP) is 2.06. The number of amides is 2. The smallest absolute Gasteiger partial charge is 0.400 e. The lowest BCUT2D eigenvalue weighted by Crippen LogP contribution is -2.43. The molecule has 5 heterocycles. The second-order valence-electron chi connectivity index (χ2n) is 9.97. The summed E-state index contributed by atoms with van der Waals surface area (Å²) in [6, 6.07) is 2.19. The number of ether oxygens (including phenoxy) is 1. The minimum absolute atomic E-state index is 0.0260. The third-order valence-corrected chi connectivity index (χ3v) is 7.33. The van der Waals surface area contributed by atoms with Gasteiger partial charge in [-0.15, -0.1) is 0 Å². The molecule has 11 nitrogen and oxygen atoms in total. The molecule has 0 aromatic carbocycles. The van der Waals surface area contributed by atoms with Crippen molar-refractivity contribution in [2.75, 3.05) is 39.0 Å². The zero-order chi connectivity index (χ0) is 28.8. The number of nitrogens with two attached hydrogens (primary N) is 1. The van der Waals surface area contributed by atoms with E-state index in [0.29, 0.717) is 29.1 Å². The first-order chi connectivity index (χ1) is 19.0. The molecule has 2 amide bonds. The zero-order valence-electron chi connectivity index (χ0n) is 21.8. The molecule has 3 aromatic rings. The molecule has 3 unspecified atom stereocenters. The lowest BCUT2D eigenvalue weighted by Gasteiger charge is -2.30. The van der Waals surface area contributed by atoms with Crippen LogP contribution in [0.4, 0.5) is 23.4 Å². The van der Waals surface area contributed by atoms with E-state index in [1.165, 1.54) is 25.7 Å². The Hall–Kier alpha value is -4.01. The molecule has 2 aliphatic heterocycles. The molecule has 5 rings (SSSR count). The third-order valence-electron chi connectivity index (χ3n) is 7.33. The number of alkyl halides is 4. The van der Waals surface area contributed by atoms with E-state index in [2.05, 4.69) is 25.3 Å². The van der Waals surface area contributed by atoms with Crippen molar-refractivity contribution in [3.63, 3.8) is 0 Å². The molecule has 3 N–H and O–H groups in total. The van der Waals surface area contributed by atoms with Gasteiger partial charge in [-0.25, -0.2) is 18.9 Å². The summed E-state index contributed by atoms with van der Waals surface area (Å²) in [6.07, 6.45) is -2.58. The number of fused-ring (bicyclic) bond motifs is 1. The first-order valence-corrected chi connectivity index (χ1v) is 12.7. The third kappa shape index (κ3) is 5.12. The van der Waals surface area contributed by atoms with E-state index in [9.17, 15) is 27.2 Å². The van der Waals surface area contributed by atoms with Gasteiger partial charge < -0.3 is 20.7 Å². The van der Waals surface area contributed by atoms with Crippen molar-refractivity contribution in [2.24, 2.45) is 5.92 Å². The summed E-state index contributed by atoms with van der Waals surface area (Å²) in [6.45, 7) is 2.33. The Morgan fingerprint density at radius 1 is 1.23 bits per heavy atom. The number of nitrogens with zero attached hydrogens (tertiary/aromatic N) is 6. The standard InChI is InChI=1S/C25H28F4N8O3/c1-13(25(27,28)29)24(39)36-10-17(26)18(11-36)34-22(38)16-6-14(8-31-23(16)40-2)19-7-15(9-35-4-3-5-35)20-21(30)32-12-33-37(19)20/h6-8,12-13,17-18H,3-5,9-11H2,1-2H3,(H,34,38)(H2,30,32,33). The molecular weight excluding hydrogens is 536 g/mol. The molecule has 15 heteroatoms. The first kappa shape index (κ1) is 27.6. The van der Waals surface area contributed by atoms with Gasteiger partial charge in [-0.2, -0.15) is 18.3 Å². The molecule has 0 saturated carbocycles. The van der Waals surface area contributed by atoms with Gasteiger partial charge in [0.25, 0.3) is 5.91 Å². The number of methoxy groups -OCH3 is 1. The summed E-state index contributed by atoms with van der Waals surface area (Å²) in [5, 5.41) is 6.82. The van der Waals surface area contributed by atoms with Crippen LogP contribution in [-0.4, -0.2) is 92.9 Å². The Kier molecular flexibility index (Phi) is 7.25. The molecule has 0 aliphatic carbocycles. The van der Waals surface area contributed by atoms with E-state index >= 15 is 0 Å². The van der Waals surface area contributed by atoms with Crippen molar-refractivity contribution < 1.29 is 31.9 Å². The second-order valence-corrected chi connectivity index (χ2v) is 9.97. The lowest BCUT2D eigenvalue weighted by molar-refractivity contribution is -0.185. The fourth-order valence-corrected chi connectivity index (χ4v) is 4.91. The second kappa shape index (κ2) is 10.5. The molecule has 214 valence electrons. The zero-order valence-corrected chi connectivity index (χ0v) is 21.8. The van der Waals surface area contributed by atoms with E-state index in [1.54, 1.807) is 4.52 Å². The number of aromatic nitrogens is 4. The van der Waals surface area contributed by atoms with E-state index < -0.39 is 49.2 Å². The predicted molar refractivity (Wildman–Crippen MR) is 135 cm³/mol. The Morgan fingerprint density at radius 2 is 1.98 bits per heavy atom. The van der Waals surface area contributed by atoms with Crippen molar-refractivity contribution in [3.8, 4) is 17.1 Å². The quantitative estimate of drug-likeness (QED) is 0.417. The van der Waals surface area contributed by atoms with Gasteiger partial charge in [0.1, 0.15) is 29.5 Å². The summed E-state index contributed by atoms with van der Waals surface area (Å²) in [7, 11) is 1.32. The normalized spacial score (nSPS) is 20.4. The van der Waals surface area contributed by atoms with Crippen LogP contribution in [0.3, 0.4) is 0 Å². The van der Waals surface area contributed by atoms with Gasteiger partial charge in [0.2, 0.25) is 11.8 Å². The number of hydrogen-bond donors (Lipinski definition) is 2. The van der Waals surface area contributed by atoms with Crippen LogP contribution in [0.1, 0.15) is 29.3 Å². The molecular formula is C25H28F4N8O3. The average Bonchev–Trinajstić information content (AvgIpc) is 3.45. The van der Waals surface area contributed by atoms with Crippen LogP contribution in [0.5, 0.6) is 5.88 Å². The number of carbonyl (C=O) groups is 2. The fraction of sp³-hybridized carbons (Fsp3) is 0.480. The van der Waals surface area contributed by atoms with Crippen LogP contribution in [0.25, 0.3) is 16.8 Å². The van der Waals surface area contributed by atoms with Crippen molar-refractivity contribution in [2.45, 2.75) is 38.3 Å². The van der Waals surface area contributed by atoms with Gasteiger partial charge in [-0.05, 0) is 44.1 Å². The lowest BCUT2D eigenvalue weighted by atomic mass is 10.1. The minimum Gasteiger partial charge on any atom is -0.480 e. The maximum Gasteiger partial charge on any atom is 0.400 e. The first-order valence-electron chi connectivity index (χ1n) is 12.7. The molecule has 0 spiro atoms. The van der Waals surface area contributed by atoms with Crippen LogP contribution in [0.15, 0.2) is 24.7 Å². The maximum absolute atomic E-state index is 14.7. The van der Waals surface area contributed by atoms with E-state index in [4.69, 9.17) is 10.5 Å². The molecule has 3 aromatic heterocycles. The Labute approximate surface area is 226 Å². The number of carbonyl (C=O) groups excluding carboxylic acids is 2. The van der Waals surface area contributed by atoms with Crippen LogP contribution in [0, 0.1) is 5.92 Å².